The van der Waals surface area contributed by atoms with Gasteiger partial charge < -0.3 is 10.5 Å². The summed E-state index contributed by atoms with van der Waals surface area (Å²) in [5.74, 6) is -0.390. The summed E-state index contributed by atoms with van der Waals surface area (Å²) in [6, 6.07) is 2.78. The second-order valence-electron chi connectivity index (χ2n) is 3.33. The van der Waals surface area contributed by atoms with Crippen molar-refractivity contribution in [1.82, 2.24) is 10.2 Å². The minimum absolute atomic E-state index is 0.114. The molecular formula is C10H10FN3OS. The van der Waals surface area contributed by atoms with Crippen LogP contribution in [0.5, 0.6) is 10.9 Å². The van der Waals surface area contributed by atoms with Gasteiger partial charge in [0.1, 0.15) is 5.01 Å². The van der Waals surface area contributed by atoms with Gasteiger partial charge >= 0.3 is 0 Å². The summed E-state index contributed by atoms with van der Waals surface area (Å²) < 4.78 is 18.8. The molecule has 0 radical (unpaired) electrons. The van der Waals surface area contributed by atoms with Crippen molar-refractivity contribution in [1.29, 1.82) is 0 Å². The minimum atomic E-state index is -0.504. The SMILES string of the molecule is Cc1nnc(Oc2cc(C)c(N)cc2F)s1. The lowest BCUT2D eigenvalue weighted by molar-refractivity contribution is 0.435. The lowest BCUT2D eigenvalue weighted by Crippen LogP contribution is -1.94. The number of nitrogens with two attached hydrogens (primary N) is 1. The van der Waals surface area contributed by atoms with Crippen molar-refractivity contribution < 1.29 is 9.13 Å². The highest BCUT2D eigenvalue weighted by molar-refractivity contribution is 7.13. The highest BCUT2D eigenvalue weighted by Gasteiger charge is 2.10. The second kappa shape index (κ2) is 4.05. The van der Waals surface area contributed by atoms with Crippen molar-refractivity contribution in [3.63, 3.8) is 0 Å². The van der Waals surface area contributed by atoms with Gasteiger partial charge in [-0.1, -0.05) is 16.4 Å². The Morgan fingerprint density at radius 2 is 2.06 bits per heavy atom. The van der Waals surface area contributed by atoms with Gasteiger partial charge in [-0.3, -0.25) is 0 Å². The standard InChI is InChI=1S/C10H10FN3OS/c1-5-3-9(7(11)4-8(5)12)15-10-14-13-6(2)16-10/h3-4H,12H2,1-2H3. The van der Waals surface area contributed by atoms with Crippen LogP contribution in [0, 0.1) is 19.7 Å². The van der Waals surface area contributed by atoms with Crippen molar-refractivity contribution in [2.75, 3.05) is 5.73 Å². The predicted molar refractivity (Wildman–Crippen MR) is 60.3 cm³/mol. The van der Waals surface area contributed by atoms with Crippen LogP contribution in [0.15, 0.2) is 12.1 Å². The van der Waals surface area contributed by atoms with Crippen LogP contribution >= 0.6 is 11.3 Å². The van der Waals surface area contributed by atoms with Gasteiger partial charge in [-0.15, -0.1) is 5.10 Å². The van der Waals surface area contributed by atoms with Gasteiger partial charge in [0, 0.05) is 11.8 Å². The highest BCUT2D eigenvalue weighted by Crippen LogP contribution is 2.29. The lowest BCUT2D eigenvalue weighted by Gasteiger charge is -2.06. The maximum Gasteiger partial charge on any atom is 0.299 e. The average molecular weight is 239 g/mol. The smallest absolute Gasteiger partial charge is 0.299 e. The third-order valence-electron chi connectivity index (χ3n) is 2.03. The Morgan fingerprint density at radius 1 is 1.31 bits per heavy atom. The van der Waals surface area contributed by atoms with E-state index in [1.165, 1.54) is 17.4 Å². The molecule has 1 heterocycles. The zero-order valence-electron chi connectivity index (χ0n) is 8.82. The molecule has 1 aromatic carbocycles. The Labute approximate surface area is 95.9 Å². The number of nitrogen functional groups attached to an aromatic ring is 1. The Morgan fingerprint density at radius 3 is 2.69 bits per heavy atom. The van der Waals surface area contributed by atoms with E-state index < -0.39 is 5.82 Å². The molecule has 6 heteroatoms. The van der Waals surface area contributed by atoms with E-state index in [0.29, 0.717) is 10.9 Å². The average Bonchev–Trinajstić information content (AvgIpc) is 2.60. The summed E-state index contributed by atoms with van der Waals surface area (Å²) in [7, 11) is 0. The van der Waals surface area contributed by atoms with E-state index in [-0.39, 0.29) is 5.75 Å². The number of anilines is 1. The Kier molecular flexibility index (Phi) is 2.74. The Balaban J connectivity index is 2.31. The van der Waals surface area contributed by atoms with Gasteiger partial charge in [-0.05, 0) is 25.5 Å². The van der Waals surface area contributed by atoms with Gasteiger partial charge in [-0.2, -0.15) is 0 Å². The fourth-order valence-corrected chi connectivity index (χ4v) is 1.71. The van der Waals surface area contributed by atoms with Crippen molar-refractivity contribution in [3.8, 4) is 10.9 Å². The van der Waals surface area contributed by atoms with E-state index in [4.69, 9.17) is 10.5 Å². The third kappa shape index (κ3) is 2.11. The van der Waals surface area contributed by atoms with Crippen molar-refractivity contribution in [2.45, 2.75) is 13.8 Å². The molecule has 0 aliphatic heterocycles. The number of rotatable bonds is 2. The van der Waals surface area contributed by atoms with E-state index >= 15 is 0 Å². The predicted octanol–water partition coefficient (Wildman–Crippen LogP) is 2.67. The normalized spacial score (nSPS) is 10.4. The summed E-state index contributed by atoms with van der Waals surface area (Å²) in [5.41, 5.74) is 6.73. The monoisotopic (exact) mass is 239 g/mol. The van der Waals surface area contributed by atoms with Crippen LogP contribution in [0.25, 0.3) is 0 Å². The van der Waals surface area contributed by atoms with Crippen LogP contribution < -0.4 is 10.5 Å². The molecule has 4 nitrogen and oxygen atoms in total. The first kappa shape index (κ1) is 10.8. The maximum atomic E-state index is 13.5. The number of ether oxygens (including phenoxy) is 1. The topological polar surface area (TPSA) is 61.0 Å². The first-order valence-corrected chi connectivity index (χ1v) is 5.41. The van der Waals surface area contributed by atoms with E-state index in [0.717, 1.165) is 10.6 Å². The number of aromatic nitrogens is 2. The number of aryl methyl sites for hydroxylation is 2. The van der Waals surface area contributed by atoms with E-state index in [1.54, 1.807) is 19.9 Å². The number of halogens is 1. The highest BCUT2D eigenvalue weighted by atomic mass is 32.1. The molecule has 0 amide bonds. The molecule has 0 spiro atoms. The molecule has 16 heavy (non-hydrogen) atoms. The summed E-state index contributed by atoms with van der Waals surface area (Å²) in [6.07, 6.45) is 0. The fourth-order valence-electron chi connectivity index (χ4n) is 1.16. The molecule has 0 aliphatic carbocycles. The van der Waals surface area contributed by atoms with Gasteiger partial charge in [0.05, 0.1) is 0 Å². The molecule has 84 valence electrons. The van der Waals surface area contributed by atoms with E-state index in [1.807, 2.05) is 0 Å². The fraction of sp³-hybridized carbons (Fsp3) is 0.200. The van der Waals surface area contributed by atoms with Crippen molar-refractivity contribution >= 4 is 17.0 Å². The summed E-state index contributed by atoms with van der Waals surface area (Å²) >= 11 is 1.26. The molecule has 2 rings (SSSR count). The first-order valence-electron chi connectivity index (χ1n) is 4.60. The summed E-state index contributed by atoms with van der Waals surface area (Å²) in [4.78, 5) is 0. The third-order valence-corrected chi connectivity index (χ3v) is 2.74. The Hall–Kier alpha value is -1.69. The van der Waals surface area contributed by atoms with Crippen LogP contribution in [0.4, 0.5) is 10.1 Å². The number of hydrogen-bond acceptors (Lipinski definition) is 5. The number of nitrogens with zero attached hydrogens (tertiary/aromatic N) is 2. The first-order chi connectivity index (χ1) is 7.56. The van der Waals surface area contributed by atoms with Crippen molar-refractivity contribution in [2.24, 2.45) is 0 Å². The van der Waals surface area contributed by atoms with Gasteiger partial charge in [0.15, 0.2) is 11.6 Å². The minimum Gasteiger partial charge on any atom is -0.427 e. The molecule has 1 aromatic heterocycles. The van der Waals surface area contributed by atoms with Crippen molar-refractivity contribution in [3.05, 3.63) is 28.5 Å². The van der Waals surface area contributed by atoms with E-state index in [2.05, 4.69) is 10.2 Å². The molecule has 0 aliphatic rings. The molecular weight excluding hydrogens is 229 g/mol. The molecule has 0 unspecified atom stereocenters. The van der Waals surface area contributed by atoms with Gasteiger partial charge in [-0.25, -0.2) is 4.39 Å². The van der Waals surface area contributed by atoms with Crippen LogP contribution in [0.3, 0.4) is 0 Å². The molecule has 0 atom stereocenters. The van der Waals surface area contributed by atoms with E-state index in [9.17, 15) is 4.39 Å². The number of benzene rings is 1. The van der Waals surface area contributed by atoms with Gasteiger partial charge in [0.25, 0.3) is 5.19 Å². The molecule has 0 saturated heterocycles. The van der Waals surface area contributed by atoms with Crippen LogP contribution in [-0.4, -0.2) is 10.2 Å². The summed E-state index contributed by atoms with van der Waals surface area (Å²) in [5, 5.41) is 8.62. The van der Waals surface area contributed by atoms with Crippen LogP contribution in [0.1, 0.15) is 10.6 Å². The quantitative estimate of drug-likeness (QED) is 0.818. The molecule has 0 fully saturated rings. The molecule has 2 N–H and O–H groups in total. The lowest BCUT2D eigenvalue weighted by atomic mass is 10.2. The zero-order chi connectivity index (χ0) is 11.7. The zero-order valence-corrected chi connectivity index (χ0v) is 9.64. The van der Waals surface area contributed by atoms with Crippen LogP contribution in [-0.2, 0) is 0 Å². The maximum absolute atomic E-state index is 13.5. The number of hydrogen-bond donors (Lipinski definition) is 1. The second-order valence-corrected chi connectivity index (χ2v) is 4.47. The Bertz CT molecular complexity index is 527. The molecule has 2 aromatic rings. The molecule has 0 bridgehead atoms. The summed E-state index contributed by atoms with van der Waals surface area (Å²) in [6.45, 7) is 3.59. The molecule has 0 saturated carbocycles. The van der Waals surface area contributed by atoms with Gasteiger partial charge in [0.2, 0.25) is 0 Å². The largest absolute Gasteiger partial charge is 0.427 e. The van der Waals surface area contributed by atoms with Crippen LogP contribution in [0.2, 0.25) is 0 Å².